The molecule has 1 aliphatic heterocycles. The highest BCUT2D eigenvalue weighted by Gasteiger charge is 2.31. The van der Waals surface area contributed by atoms with Crippen molar-refractivity contribution < 1.29 is 19.8 Å². The number of hydrazone groups is 2. The summed E-state index contributed by atoms with van der Waals surface area (Å²) in [5.74, 6) is -1.93. The van der Waals surface area contributed by atoms with Gasteiger partial charge in [-0.15, -0.1) is 0 Å². The van der Waals surface area contributed by atoms with Crippen molar-refractivity contribution >= 4 is 34.7 Å². The normalized spacial score (nSPS) is 15.3. The van der Waals surface area contributed by atoms with E-state index in [0.717, 1.165) is 16.7 Å². The summed E-state index contributed by atoms with van der Waals surface area (Å²) in [7, 11) is 0. The molecule has 0 bridgehead atoms. The van der Waals surface area contributed by atoms with E-state index in [1.807, 2.05) is 32.0 Å². The van der Waals surface area contributed by atoms with E-state index in [4.69, 9.17) is 0 Å². The molecule has 1 aliphatic rings. The van der Waals surface area contributed by atoms with Gasteiger partial charge in [0.15, 0.2) is 5.71 Å². The van der Waals surface area contributed by atoms with E-state index >= 15 is 0 Å². The van der Waals surface area contributed by atoms with E-state index in [0.29, 0.717) is 28.2 Å². The number of hydrogen-bond donors (Lipinski definition) is 3. The summed E-state index contributed by atoms with van der Waals surface area (Å²) < 4.78 is 0. The third-order valence-corrected chi connectivity index (χ3v) is 6.14. The third kappa shape index (κ3) is 4.63. The molecule has 1 atom stereocenters. The Kier molecular flexibility index (Phi) is 6.38. The third-order valence-electron chi connectivity index (χ3n) is 6.14. The standard InChI is InChI=1S/C27H26N4O4/c1-15-8-13-21(14-16(15)2)31-26(33)24(18(4)30-31)29-28-23-7-5-6-22(25(23)32)20-11-9-19(10-12-20)17(3)27(34)35/h5-14,17,28,32H,1-4H3,(H,34,35). The average Bonchev–Trinajstić information content (AvgIpc) is 3.13. The van der Waals surface area contributed by atoms with Crippen LogP contribution in [0.2, 0.25) is 0 Å². The van der Waals surface area contributed by atoms with E-state index in [2.05, 4.69) is 15.6 Å². The van der Waals surface area contributed by atoms with Crippen LogP contribution < -0.4 is 10.4 Å². The maximum Gasteiger partial charge on any atom is 0.310 e. The molecule has 8 heteroatoms. The minimum atomic E-state index is -0.901. The minimum Gasteiger partial charge on any atom is -0.505 e. The smallest absolute Gasteiger partial charge is 0.310 e. The molecule has 1 amide bonds. The highest BCUT2D eigenvalue weighted by Crippen LogP contribution is 2.36. The van der Waals surface area contributed by atoms with Crippen LogP contribution in [0.5, 0.6) is 5.75 Å². The lowest BCUT2D eigenvalue weighted by Gasteiger charge is -2.13. The van der Waals surface area contributed by atoms with Crippen LogP contribution in [-0.2, 0) is 9.59 Å². The Hall–Kier alpha value is -4.46. The van der Waals surface area contributed by atoms with E-state index in [1.165, 1.54) is 5.01 Å². The van der Waals surface area contributed by atoms with Crippen molar-refractivity contribution in [1.82, 2.24) is 0 Å². The number of nitrogens with zero attached hydrogens (tertiary/aromatic N) is 3. The molecular formula is C27H26N4O4. The molecule has 0 saturated heterocycles. The molecule has 178 valence electrons. The van der Waals surface area contributed by atoms with Crippen molar-refractivity contribution in [2.45, 2.75) is 33.6 Å². The molecular weight excluding hydrogens is 444 g/mol. The fourth-order valence-corrected chi connectivity index (χ4v) is 3.74. The molecule has 0 spiro atoms. The van der Waals surface area contributed by atoms with Crippen LogP contribution in [0.1, 0.15) is 36.5 Å². The molecule has 35 heavy (non-hydrogen) atoms. The number of carbonyl (C=O) groups is 2. The Balaban J connectivity index is 1.56. The first kappa shape index (κ1) is 23.7. The first-order chi connectivity index (χ1) is 16.7. The number of nitrogens with one attached hydrogen (secondary N) is 1. The largest absolute Gasteiger partial charge is 0.505 e. The molecule has 0 aromatic heterocycles. The van der Waals surface area contributed by atoms with Gasteiger partial charge in [-0.25, -0.2) is 0 Å². The van der Waals surface area contributed by atoms with Crippen molar-refractivity contribution in [3.8, 4) is 16.9 Å². The number of carboxylic acids is 1. The summed E-state index contributed by atoms with van der Waals surface area (Å²) in [6.45, 7) is 7.30. The molecule has 4 rings (SSSR count). The van der Waals surface area contributed by atoms with E-state index in [1.54, 1.807) is 56.3 Å². The summed E-state index contributed by atoms with van der Waals surface area (Å²) in [6, 6.07) is 17.8. The van der Waals surface area contributed by atoms with Gasteiger partial charge in [0.1, 0.15) is 5.75 Å². The number of phenols is 1. The van der Waals surface area contributed by atoms with E-state index in [9.17, 15) is 19.8 Å². The maximum atomic E-state index is 13.0. The average molecular weight is 471 g/mol. The number of aryl methyl sites for hydroxylation is 2. The highest BCUT2D eigenvalue weighted by molar-refractivity contribution is 6.71. The minimum absolute atomic E-state index is 0.0399. The Bertz CT molecular complexity index is 1380. The lowest BCUT2D eigenvalue weighted by Crippen LogP contribution is -2.28. The fourth-order valence-electron chi connectivity index (χ4n) is 3.74. The summed E-state index contributed by atoms with van der Waals surface area (Å²) >= 11 is 0. The van der Waals surface area contributed by atoms with Crippen LogP contribution in [0.25, 0.3) is 11.1 Å². The van der Waals surface area contributed by atoms with Gasteiger partial charge < -0.3 is 10.2 Å². The second-order valence-electron chi connectivity index (χ2n) is 8.53. The monoisotopic (exact) mass is 470 g/mol. The zero-order chi connectivity index (χ0) is 25.3. The Morgan fingerprint density at radius 1 is 1.03 bits per heavy atom. The van der Waals surface area contributed by atoms with Crippen molar-refractivity contribution in [2.75, 3.05) is 10.4 Å². The number of aliphatic carboxylic acids is 1. The number of hydrogen-bond acceptors (Lipinski definition) is 6. The predicted molar refractivity (Wildman–Crippen MR) is 137 cm³/mol. The van der Waals surface area contributed by atoms with Crippen LogP contribution in [0.4, 0.5) is 11.4 Å². The molecule has 0 saturated carbocycles. The second kappa shape index (κ2) is 9.42. The van der Waals surface area contributed by atoms with Crippen LogP contribution in [0, 0.1) is 13.8 Å². The molecule has 3 aromatic rings. The van der Waals surface area contributed by atoms with Gasteiger partial charge in [-0.1, -0.05) is 42.5 Å². The van der Waals surface area contributed by atoms with Crippen molar-refractivity contribution in [3.05, 3.63) is 77.4 Å². The van der Waals surface area contributed by atoms with Gasteiger partial charge in [0.25, 0.3) is 0 Å². The van der Waals surface area contributed by atoms with Gasteiger partial charge in [0.05, 0.1) is 23.0 Å². The van der Waals surface area contributed by atoms with Crippen LogP contribution in [0.15, 0.2) is 70.9 Å². The predicted octanol–water partition coefficient (Wildman–Crippen LogP) is 5.05. The van der Waals surface area contributed by atoms with Crippen LogP contribution >= 0.6 is 0 Å². The summed E-state index contributed by atoms with van der Waals surface area (Å²) in [5.41, 5.74) is 8.50. The Labute approximate surface area is 203 Å². The number of para-hydroxylation sites is 1. The number of aromatic hydroxyl groups is 1. The van der Waals surface area contributed by atoms with Gasteiger partial charge in [0.2, 0.25) is 0 Å². The van der Waals surface area contributed by atoms with Crippen molar-refractivity contribution in [3.63, 3.8) is 0 Å². The number of carbonyl (C=O) groups excluding carboxylic acids is 1. The number of rotatable bonds is 6. The zero-order valence-electron chi connectivity index (χ0n) is 19.9. The lowest BCUT2D eigenvalue weighted by molar-refractivity contribution is -0.138. The molecule has 0 aliphatic carbocycles. The van der Waals surface area contributed by atoms with Gasteiger partial charge in [-0.3, -0.25) is 15.0 Å². The zero-order valence-corrected chi connectivity index (χ0v) is 19.9. The van der Waals surface area contributed by atoms with E-state index < -0.39 is 11.9 Å². The molecule has 1 unspecified atom stereocenters. The first-order valence-electron chi connectivity index (χ1n) is 11.1. The Morgan fingerprint density at radius 3 is 2.40 bits per heavy atom. The summed E-state index contributed by atoms with van der Waals surface area (Å²) in [5, 5.41) is 30.0. The molecule has 3 N–H and O–H groups in total. The van der Waals surface area contributed by atoms with Crippen molar-refractivity contribution in [2.24, 2.45) is 10.2 Å². The molecule has 3 aromatic carbocycles. The number of anilines is 2. The van der Waals surface area contributed by atoms with Gasteiger partial charge >= 0.3 is 11.9 Å². The van der Waals surface area contributed by atoms with Crippen LogP contribution in [0.3, 0.4) is 0 Å². The SMILES string of the molecule is CC1=NN(c2ccc(C)c(C)c2)C(=O)C1=NNc1cccc(-c2ccc(C(C)C(=O)O)cc2)c1O. The number of benzene rings is 3. The number of amides is 1. The fraction of sp³-hybridized carbons (Fsp3) is 0.185. The van der Waals surface area contributed by atoms with E-state index in [-0.39, 0.29) is 17.4 Å². The van der Waals surface area contributed by atoms with Gasteiger partial charge in [-0.05, 0) is 68.1 Å². The molecule has 0 radical (unpaired) electrons. The number of carboxylic acid groups (broad SMARTS) is 1. The highest BCUT2D eigenvalue weighted by atomic mass is 16.4. The second-order valence-corrected chi connectivity index (χ2v) is 8.53. The summed E-state index contributed by atoms with van der Waals surface area (Å²) in [6.07, 6.45) is 0. The van der Waals surface area contributed by atoms with Crippen LogP contribution in [-0.4, -0.2) is 33.5 Å². The molecule has 1 heterocycles. The summed E-state index contributed by atoms with van der Waals surface area (Å²) in [4.78, 5) is 24.2. The van der Waals surface area contributed by atoms with Gasteiger partial charge in [-0.2, -0.15) is 15.2 Å². The lowest BCUT2D eigenvalue weighted by atomic mass is 9.97. The maximum absolute atomic E-state index is 13.0. The Morgan fingerprint density at radius 2 is 1.74 bits per heavy atom. The van der Waals surface area contributed by atoms with Gasteiger partial charge in [0, 0.05) is 5.56 Å². The first-order valence-corrected chi connectivity index (χ1v) is 11.1. The quantitative estimate of drug-likeness (QED) is 0.344. The topological polar surface area (TPSA) is 115 Å². The van der Waals surface area contributed by atoms with Crippen molar-refractivity contribution in [1.29, 1.82) is 0 Å². The molecule has 0 fully saturated rings. The molecule has 8 nitrogen and oxygen atoms in total. The number of phenolic OH excluding ortho intramolecular Hbond substituents is 1.